The first-order chi connectivity index (χ1) is 11.7. The summed E-state index contributed by atoms with van der Waals surface area (Å²) >= 11 is 0. The zero-order valence-electron chi connectivity index (χ0n) is 14.4. The SMILES string of the molecule is CCN1CCN(C(=O)CN2CCc3c([nH]c4ccccc34)C2)CC1. The third kappa shape index (κ3) is 2.94. The van der Waals surface area contributed by atoms with Gasteiger partial charge in [0.25, 0.3) is 0 Å². The maximum Gasteiger partial charge on any atom is 0.236 e. The van der Waals surface area contributed by atoms with Crippen molar-refractivity contribution in [2.45, 2.75) is 19.9 Å². The molecule has 0 saturated carbocycles. The molecule has 5 nitrogen and oxygen atoms in total. The molecule has 0 unspecified atom stereocenters. The molecule has 1 aromatic carbocycles. The number of hydrogen-bond acceptors (Lipinski definition) is 3. The van der Waals surface area contributed by atoms with E-state index in [-0.39, 0.29) is 5.91 Å². The standard InChI is InChI=1S/C19H26N4O/c1-2-21-9-11-23(12-10-21)19(24)14-22-8-7-16-15-5-3-4-6-17(15)20-18(16)13-22/h3-6,20H,2,7-14H2,1H3. The Hall–Kier alpha value is -1.85. The van der Waals surface area contributed by atoms with Crippen LogP contribution in [0, 0.1) is 0 Å². The Morgan fingerprint density at radius 2 is 1.88 bits per heavy atom. The summed E-state index contributed by atoms with van der Waals surface area (Å²) in [6.45, 7) is 9.39. The number of fused-ring (bicyclic) bond motifs is 3. The van der Waals surface area contributed by atoms with Gasteiger partial charge in [-0.3, -0.25) is 9.69 Å². The van der Waals surface area contributed by atoms with Crippen molar-refractivity contribution in [2.75, 3.05) is 45.8 Å². The Bertz CT molecular complexity index is 730. The fourth-order valence-corrected chi connectivity index (χ4v) is 3.99. The Morgan fingerprint density at radius 1 is 1.08 bits per heavy atom. The summed E-state index contributed by atoms with van der Waals surface area (Å²) < 4.78 is 0. The quantitative estimate of drug-likeness (QED) is 0.933. The van der Waals surface area contributed by atoms with E-state index >= 15 is 0 Å². The summed E-state index contributed by atoms with van der Waals surface area (Å²) in [5, 5.41) is 1.34. The van der Waals surface area contributed by atoms with Crippen molar-refractivity contribution >= 4 is 16.8 Å². The van der Waals surface area contributed by atoms with E-state index in [1.807, 2.05) is 4.90 Å². The van der Waals surface area contributed by atoms with Gasteiger partial charge in [0.1, 0.15) is 0 Å². The van der Waals surface area contributed by atoms with Crippen molar-refractivity contribution in [2.24, 2.45) is 0 Å². The monoisotopic (exact) mass is 326 g/mol. The number of piperazine rings is 1. The second-order valence-corrected chi connectivity index (χ2v) is 6.90. The molecular weight excluding hydrogens is 300 g/mol. The second-order valence-electron chi connectivity index (χ2n) is 6.90. The largest absolute Gasteiger partial charge is 0.357 e. The zero-order chi connectivity index (χ0) is 16.5. The van der Waals surface area contributed by atoms with Crippen LogP contribution < -0.4 is 0 Å². The van der Waals surface area contributed by atoms with Gasteiger partial charge in [-0.2, -0.15) is 0 Å². The van der Waals surface area contributed by atoms with E-state index < -0.39 is 0 Å². The van der Waals surface area contributed by atoms with Crippen molar-refractivity contribution in [1.29, 1.82) is 0 Å². The highest BCUT2D eigenvalue weighted by Crippen LogP contribution is 2.27. The van der Waals surface area contributed by atoms with E-state index in [1.165, 1.54) is 22.2 Å². The summed E-state index contributed by atoms with van der Waals surface area (Å²) in [5.74, 6) is 0.283. The van der Waals surface area contributed by atoms with Gasteiger partial charge in [-0.05, 0) is 24.6 Å². The number of rotatable bonds is 3. The number of H-pyrrole nitrogens is 1. The van der Waals surface area contributed by atoms with Crippen molar-refractivity contribution in [3.05, 3.63) is 35.5 Å². The number of para-hydroxylation sites is 1. The van der Waals surface area contributed by atoms with Crippen LogP contribution in [-0.4, -0.2) is 71.4 Å². The van der Waals surface area contributed by atoms with Gasteiger partial charge >= 0.3 is 0 Å². The van der Waals surface area contributed by atoms with Crippen LogP contribution in [0.25, 0.3) is 10.9 Å². The summed E-state index contributed by atoms with van der Waals surface area (Å²) in [6.07, 6.45) is 1.02. The molecule has 1 saturated heterocycles. The molecule has 2 aliphatic heterocycles. The molecule has 1 aromatic heterocycles. The molecule has 1 N–H and O–H groups in total. The van der Waals surface area contributed by atoms with E-state index in [0.717, 1.165) is 52.2 Å². The topological polar surface area (TPSA) is 42.6 Å². The lowest BCUT2D eigenvalue weighted by Gasteiger charge is -2.35. The van der Waals surface area contributed by atoms with E-state index in [0.29, 0.717) is 6.54 Å². The highest BCUT2D eigenvalue weighted by molar-refractivity contribution is 5.85. The molecule has 1 fully saturated rings. The van der Waals surface area contributed by atoms with Crippen LogP contribution in [0.2, 0.25) is 0 Å². The van der Waals surface area contributed by atoms with Crippen molar-refractivity contribution < 1.29 is 4.79 Å². The predicted octanol–water partition coefficient (Wildman–Crippen LogP) is 1.69. The third-order valence-corrected chi connectivity index (χ3v) is 5.49. The number of benzene rings is 1. The van der Waals surface area contributed by atoms with Crippen LogP contribution in [0.15, 0.2) is 24.3 Å². The molecule has 0 aliphatic carbocycles. The maximum absolute atomic E-state index is 12.6. The Morgan fingerprint density at radius 3 is 2.67 bits per heavy atom. The van der Waals surface area contributed by atoms with Crippen LogP contribution in [0.5, 0.6) is 0 Å². The number of carbonyl (C=O) groups is 1. The molecule has 2 aromatic rings. The minimum absolute atomic E-state index is 0.283. The van der Waals surface area contributed by atoms with Gasteiger partial charge in [-0.15, -0.1) is 0 Å². The van der Waals surface area contributed by atoms with Gasteiger partial charge < -0.3 is 14.8 Å². The number of aromatic amines is 1. The highest BCUT2D eigenvalue weighted by atomic mass is 16.2. The maximum atomic E-state index is 12.6. The molecule has 5 heteroatoms. The molecule has 0 bridgehead atoms. The molecule has 4 rings (SSSR count). The fraction of sp³-hybridized carbons (Fsp3) is 0.526. The molecule has 0 radical (unpaired) electrons. The number of amides is 1. The van der Waals surface area contributed by atoms with Gasteiger partial charge in [0.05, 0.1) is 6.54 Å². The van der Waals surface area contributed by atoms with Crippen molar-refractivity contribution in [1.82, 2.24) is 19.7 Å². The first-order valence-electron chi connectivity index (χ1n) is 9.05. The van der Waals surface area contributed by atoms with Crippen LogP contribution in [0.3, 0.4) is 0 Å². The van der Waals surface area contributed by atoms with E-state index in [4.69, 9.17) is 0 Å². The van der Waals surface area contributed by atoms with Crippen LogP contribution >= 0.6 is 0 Å². The number of carbonyl (C=O) groups excluding carboxylic acids is 1. The normalized spacial score (nSPS) is 19.6. The predicted molar refractivity (Wildman–Crippen MR) is 96.0 cm³/mol. The number of likely N-dealkylation sites (N-methyl/N-ethyl adjacent to an activating group) is 1. The number of hydrogen-bond donors (Lipinski definition) is 1. The molecule has 3 heterocycles. The lowest BCUT2D eigenvalue weighted by Crippen LogP contribution is -2.51. The number of nitrogens with one attached hydrogen (secondary N) is 1. The average Bonchev–Trinajstić information content (AvgIpc) is 2.99. The Labute approximate surface area is 143 Å². The van der Waals surface area contributed by atoms with Gasteiger partial charge in [0.2, 0.25) is 5.91 Å². The molecule has 2 aliphatic rings. The lowest BCUT2D eigenvalue weighted by molar-refractivity contribution is -0.134. The van der Waals surface area contributed by atoms with E-state index in [1.54, 1.807) is 0 Å². The minimum Gasteiger partial charge on any atom is -0.357 e. The smallest absolute Gasteiger partial charge is 0.236 e. The number of nitrogens with zero attached hydrogens (tertiary/aromatic N) is 3. The Kier molecular flexibility index (Phi) is 4.29. The molecule has 0 atom stereocenters. The van der Waals surface area contributed by atoms with Gasteiger partial charge in [0, 0.05) is 55.9 Å². The molecular formula is C19H26N4O. The average molecular weight is 326 g/mol. The van der Waals surface area contributed by atoms with E-state index in [9.17, 15) is 4.79 Å². The van der Waals surface area contributed by atoms with Crippen molar-refractivity contribution in [3.8, 4) is 0 Å². The summed E-state index contributed by atoms with van der Waals surface area (Å²) in [4.78, 5) is 22.9. The molecule has 128 valence electrons. The Balaban J connectivity index is 1.39. The third-order valence-electron chi connectivity index (χ3n) is 5.49. The van der Waals surface area contributed by atoms with Crippen LogP contribution in [0.1, 0.15) is 18.2 Å². The fourth-order valence-electron chi connectivity index (χ4n) is 3.99. The summed E-state index contributed by atoms with van der Waals surface area (Å²) in [6, 6.07) is 8.50. The van der Waals surface area contributed by atoms with E-state index in [2.05, 4.69) is 46.0 Å². The van der Waals surface area contributed by atoms with Crippen LogP contribution in [0.4, 0.5) is 0 Å². The van der Waals surface area contributed by atoms with Crippen molar-refractivity contribution in [3.63, 3.8) is 0 Å². The first-order valence-corrected chi connectivity index (χ1v) is 9.05. The van der Waals surface area contributed by atoms with Crippen LogP contribution in [-0.2, 0) is 17.8 Å². The minimum atomic E-state index is 0.283. The van der Waals surface area contributed by atoms with Gasteiger partial charge in [-0.25, -0.2) is 0 Å². The highest BCUT2D eigenvalue weighted by Gasteiger charge is 2.25. The zero-order valence-corrected chi connectivity index (χ0v) is 14.4. The molecule has 1 amide bonds. The first kappa shape index (κ1) is 15.7. The molecule has 0 spiro atoms. The van der Waals surface area contributed by atoms with Gasteiger partial charge in [0.15, 0.2) is 0 Å². The second kappa shape index (κ2) is 6.57. The lowest BCUT2D eigenvalue weighted by atomic mass is 10.0. The summed E-state index contributed by atoms with van der Waals surface area (Å²) in [7, 11) is 0. The summed E-state index contributed by atoms with van der Waals surface area (Å²) in [5.41, 5.74) is 3.93. The number of aromatic nitrogens is 1. The van der Waals surface area contributed by atoms with Gasteiger partial charge in [-0.1, -0.05) is 25.1 Å². The molecule has 24 heavy (non-hydrogen) atoms.